The fourth-order valence-corrected chi connectivity index (χ4v) is 2.56. The van der Waals surface area contributed by atoms with Gasteiger partial charge >= 0.3 is 0 Å². The van der Waals surface area contributed by atoms with E-state index in [4.69, 9.17) is 21.1 Å². The first-order valence-corrected chi connectivity index (χ1v) is 7.91. The molecule has 0 aliphatic rings. The molecule has 0 radical (unpaired) electrons. The van der Waals surface area contributed by atoms with Crippen LogP contribution < -0.4 is 9.47 Å². The molecule has 5 nitrogen and oxygen atoms in total. The Morgan fingerprint density at radius 2 is 2.04 bits per heavy atom. The van der Waals surface area contributed by atoms with Crippen LogP contribution in [-0.2, 0) is 6.61 Å². The monoisotopic (exact) mass is 354 g/mol. The number of nitrogens with zero attached hydrogens (tertiary/aromatic N) is 2. The van der Waals surface area contributed by atoms with E-state index in [1.54, 1.807) is 6.20 Å². The fourth-order valence-electron chi connectivity index (χ4n) is 2.37. The Morgan fingerprint density at radius 3 is 2.80 bits per heavy atom. The largest absolute Gasteiger partial charge is 0.486 e. The molecule has 0 spiro atoms. The minimum Gasteiger partial charge on any atom is -0.486 e. The number of carbonyl (C=O) groups excluding carboxylic acids is 1. The molecule has 3 aromatic rings. The second-order valence-corrected chi connectivity index (χ2v) is 5.63. The van der Waals surface area contributed by atoms with Crippen molar-refractivity contribution in [2.75, 3.05) is 7.11 Å². The average molecular weight is 355 g/mol. The van der Waals surface area contributed by atoms with Crippen LogP contribution in [0.2, 0.25) is 5.02 Å². The second kappa shape index (κ2) is 7.77. The maximum Gasteiger partial charge on any atom is 0.213 e. The van der Waals surface area contributed by atoms with Gasteiger partial charge in [-0.3, -0.25) is 9.78 Å². The molecule has 25 heavy (non-hydrogen) atoms. The molecule has 2 aromatic heterocycles. The molecule has 0 amide bonds. The van der Waals surface area contributed by atoms with Crippen molar-refractivity contribution in [3.63, 3.8) is 0 Å². The Morgan fingerprint density at radius 1 is 1.16 bits per heavy atom. The minimum absolute atomic E-state index is 0.241. The standard InChI is InChI=1S/C19H15ClN2O3/c1-24-18-9-15(11-23)17(10-22-18)25-12-14-5-3-7-21-19(14)13-4-2-6-16(20)8-13/h2-11H,12H2,1H3. The summed E-state index contributed by atoms with van der Waals surface area (Å²) in [6.45, 7) is 0.241. The number of benzene rings is 1. The number of aromatic nitrogens is 2. The zero-order valence-corrected chi connectivity index (χ0v) is 14.2. The molecule has 0 saturated heterocycles. The third kappa shape index (κ3) is 3.95. The molecule has 2 heterocycles. The minimum atomic E-state index is 0.241. The third-order valence-corrected chi connectivity index (χ3v) is 3.82. The molecule has 3 rings (SSSR count). The van der Waals surface area contributed by atoms with Crippen LogP contribution in [0.5, 0.6) is 11.6 Å². The van der Waals surface area contributed by atoms with Crippen molar-refractivity contribution < 1.29 is 14.3 Å². The fraction of sp³-hybridized carbons (Fsp3) is 0.105. The van der Waals surface area contributed by atoms with Gasteiger partial charge in [0.15, 0.2) is 6.29 Å². The second-order valence-electron chi connectivity index (χ2n) is 5.19. The molecule has 6 heteroatoms. The highest BCUT2D eigenvalue weighted by Gasteiger charge is 2.10. The molecule has 0 unspecified atom stereocenters. The Labute approximate surface area is 150 Å². The lowest BCUT2D eigenvalue weighted by molar-refractivity contribution is 0.111. The molecular weight excluding hydrogens is 340 g/mol. The molecule has 0 atom stereocenters. The maximum atomic E-state index is 11.2. The highest BCUT2D eigenvalue weighted by Crippen LogP contribution is 2.26. The van der Waals surface area contributed by atoms with Gasteiger partial charge in [0.2, 0.25) is 5.88 Å². The quantitative estimate of drug-likeness (QED) is 0.621. The molecular formula is C19H15ClN2O3. The van der Waals surface area contributed by atoms with Crippen molar-refractivity contribution in [1.29, 1.82) is 0 Å². The maximum absolute atomic E-state index is 11.2. The lowest BCUT2D eigenvalue weighted by Gasteiger charge is -2.12. The molecule has 1 aromatic carbocycles. The number of rotatable bonds is 6. The summed E-state index contributed by atoms with van der Waals surface area (Å²) in [6.07, 6.45) is 3.89. The summed E-state index contributed by atoms with van der Waals surface area (Å²) in [6, 6.07) is 12.7. The van der Waals surface area contributed by atoms with Crippen molar-refractivity contribution in [3.8, 4) is 22.9 Å². The molecule has 0 N–H and O–H groups in total. The topological polar surface area (TPSA) is 61.3 Å². The number of ether oxygens (including phenoxy) is 2. The molecule has 126 valence electrons. The average Bonchev–Trinajstić information content (AvgIpc) is 2.66. The number of pyridine rings is 2. The lowest BCUT2D eigenvalue weighted by Crippen LogP contribution is -2.02. The highest BCUT2D eigenvalue weighted by molar-refractivity contribution is 6.30. The van der Waals surface area contributed by atoms with Crippen LogP contribution in [0.25, 0.3) is 11.3 Å². The van der Waals surface area contributed by atoms with E-state index in [0.717, 1.165) is 16.8 Å². The summed E-state index contributed by atoms with van der Waals surface area (Å²) < 4.78 is 10.8. The van der Waals surface area contributed by atoms with E-state index >= 15 is 0 Å². The number of hydrogen-bond donors (Lipinski definition) is 0. The summed E-state index contributed by atoms with van der Waals surface area (Å²) in [5.74, 6) is 0.743. The third-order valence-electron chi connectivity index (χ3n) is 3.58. The van der Waals surface area contributed by atoms with Crippen LogP contribution in [0, 0.1) is 0 Å². The SMILES string of the molecule is COc1cc(C=O)c(OCc2cccnc2-c2cccc(Cl)c2)cn1. The van der Waals surface area contributed by atoms with Gasteiger partial charge in [-0.1, -0.05) is 29.8 Å². The Bertz CT molecular complexity index is 899. The summed E-state index contributed by atoms with van der Waals surface area (Å²) in [4.78, 5) is 19.7. The first kappa shape index (κ1) is 16.9. The van der Waals surface area contributed by atoms with Crippen molar-refractivity contribution in [2.24, 2.45) is 0 Å². The van der Waals surface area contributed by atoms with Gasteiger partial charge in [0.05, 0.1) is 24.6 Å². The van der Waals surface area contributed by atoms with Gasteiger partial charge in [-0.05, 0) is 18.2 Å². The van der Waals surface area contributed by atoms with Crippen LogP contribution in [-0.4, -0.2) is 23.4 Å². The summed E-state index contributed by atoms with van der Waals surface area (Å²) in [5, 5.41) is 0.637. The van der Waals surface area contributed by atoms with Gasteiger partial charge in [-0.2, -0.15) is 0 Å². The van der Waals surface area contributed by atoms with E-state index in [0.29, 0.717) is 28.5 Å². The first-order chi connectivity index (χ1) is 12.2. The zero-order valence-electron chi connectivity index (χ0n) is 13.5. The van der Waals surface area contributed by atoms with Gasteiger partial charge in [-0.15, -0.1) is 0 Å². The van der Waals surface area contributed by atoms with E-state index in [-0.39, 0.29) is 6.61 Å². The van der Waals surface area contributed by atoms with Crippen molar-refractivity contribution >= 4 is 17.9 Å². The van der Waals surface area contributed by atoms with E-state index < -0.39 is 0 Å². The van der Waals surface area contributed by atoms with E-state index in [1.807, 2.05) is 36.4 Å². The van der Waals surface area contributed by atoms with Crippen molar-refractivity contribution in [1.82, 2.24) is 9.97 Å². The normalized spacial score (nSPS) is 10.3. The Hall–Kier alpha value is -2.92. The van der Waals surface area contributed by atoms with Crippen molar-refractivity contribution in [2.45, 2.75) is 6.61 Å². The van der Waals surface area contributed by atoms with Gasteiger partial charge < -0.3 is 9.47 Å². The van der Waals surface area contributed by atoms with Gasteiger partial charge in [0, 0.05) is 28.4 Å². The van der Waals surface area contributed by atoms with E-state index in [2.05, 4.69) is 9.97 Å². The summed E-state index contributed by atoms with van der Waals surface area (Å²) >= 11 is 6.07. The predicted octanol–water partition coefficient (Wildman–Crippen LogP) is 4.20. The van der Waals surface area contributed by atoms with Gasteiger partial charge in [-0.25, -0.2) is 4.98 Å². The highest BCUT2D eigenvalue weighted by atomic mass is 35.5. The van der Waals surface area contributed by atoms with Crippen LogP contribution in [0.1, 0.15) is 15.9 Å². The van der Waals surface area contributed by atoms with Gasteiger partial charge in [0.25, 0.3) is 0 Å². The number of carbonyl (C=O) groups is 1. The van der Waals surface area contributed by atoms with Crippen LogP contribution in [0.15, 0.2) is 54.9 Å². The van der Waals surface area contributed by atoms with Crippen LogP contribution in [0.4, 0.5) is 0 Å². The molecule has 0 aliphatic heterocycles. The van der Waals surface area contributed by atoms with E-state index in [1.165, 1.54) is 19.4 Å². The number of methoxy groups -OCH3 is 1. The van der Waals surface area contributed by atoms with Gasteiger partial charge in [0.1, 0.15) is 12.4 Å². The smallest absolute Gasteiger partial charge is 0.213 e. The first-order valence-electron chi connectivity index (χ1n) is 7.53. The summed E-state index contributed by atoms with van der Waals surface area (Å²) in [7, 11) is 1.49. The van der Waals surface area contributed by atoms with E-state index in [9.17, 15) is 4.79 Å². The number of halogens is 1. The molecule has 0 aliphatic carbocycles. The van der Waals surface area contributed by atoms with Crippen molar-refractivity contribution in [3.05, 3.63) is 71.0 Å². The zero-order chi connectivity index (χ0) is 17.6. The summed E-state index contributed by atoms with van der Waals surface area (Å²) in [5.41, 5.74) is 2.92. The number of hydrogen-bond acceptors (Lipinski definition) is 5. The van der Waals surface area contributed by atoms with Crippen LogP contribution >= 0.6 is 11.6 Å². The predicted molar refractivity (Wildman–Crippen MR) is 95.2 cm³/mol. The molecule has 0 fully saturated rings. The lowest BCUT2D eigenvalue weighted by atomic mass is 10.1. The Balaban J connectivity index is 1.86. The number of aldehydes is 1. The molecule has 0 saturated carbocycles. The molecule has 0 bridgehead atoms. The Kier molecular flexibility index (Phi) is 5.26. The van der Waals surface area contributed by atoms with Crippen LogP contribution in [0.3, 0.4) is 0 Å².